The van der Waals surface area contributed by atoms with Crippen LogP contribution in [-0.2, 0) is 24.3 Å². The molecule has 1 atom stereocenters. The van der Waals surface area contributed by atoms with Crippen LogP contribution >= 0.6 is 11.8 Å². The molecule has 2 aromatic rings. The highest BCUT2D eigenvalue weighted by Gasteiger charge is 2.22. The zero-order valence-corrected chi connectivity index (χ0v) is 17.1. The van der Waals surface area contributed by atoms with Gasteiger partial charge in [-0.2, -0.15) is 5.10 Å². The maximum Gasteiger partial charge on any atom is 0.191 e. The Morgan fingerprint density at radius 2 is 2.29 bits per heavy atom. The number of thioether (sulfide) groups is 1. The van der Waals surface area contributed by atoms with Gasteiger partial charge in [0, 0.05) is 36.8 Å². The van der Waals surface area contributed by atoms with Crippen LogP contribution in [0, 0.1) is 5.82 Å². The van der Waals surface area contributed by atoms with Crippen molar-refractivity contribution in [1.82, 2.24) is 25.4 Å². The molecular weight excluding hydrogens is 379 g/mol. The molecule has 3 rings (SSSR count). The van der Waals surface area contributed by atoms with Crippen molar-refractivity contribution in [2.75, 3.05) is 26.0 Å². The summed E-state index contributed by atoms with van der Waals surface area (Å²) in [5.74, 6) is 3.05. The number of aliphatic imine (C=N–C) groups is 1. The quantitative estimate of drug-likeness (QED) is 0.303. The van der Waals surface area contributed by atoms with Gasteiger partial charge in [0.2, 0.25) is 0 Å². The molecule has 152 valence electrons. The van der Waals surface area contributed by atoms with Crippen molar-refractivity contribution in [3.8, 4) is 0 Å². The molecule has 0 saturated heterocycles. The number of aromatic nitrogens is 3. The highest BCUT2D eigenvalue weighted by Crippen LogP contribution is 2.20. The van der Waals surface area contributed by atoms with Crippen LogP contribution in [0.4, 0.5) is 4.39 Å². The molecule has 1 aromatic carbocycles. The maximum atomic E-state index is 13.7. The SMILES string of the molecule is CCNC(=NCCSc1ccccc1F)NC1CCc2nc(COC)nn2C1. The van der Waals surface area contributed by atoms with Crippen LogP contribution in [0.1, 0.15) is 25.0 Å². The summed E-state index contributed by atoms with van der Waals surface area (Å²) in [5.41, 5.74) is 0. The van der Waals surface area contributed by atoms with Crippen molar-refractivity contribution in [2.24, 2.45) is 4.99 Å². The largest absolute Gasteiger partial charge is 0.377 e. The molecule has 1 unspecified atom stereocenters. The van der Waals surface area contributed by atoms with Crippen LogP contribution in [0.25, 0.3) is 0 Å². The predicted octanol–water partition coefficient (Wildman–Crippen LogP) is 2.23. The van der Waals surface area contributed by atoms with Gasteiger partial charge in [0.05, 0.1) is 13.1 Å². The average molecular weight is 407 g/mol. The van der Waals surface area contributed by atoms with Crippen LogP contribution in [-0.4, -0.2) is 52.7 Å². The number of hydrogen-bond acceptors (Lipinski definition) is 5. The second kappa shape index (κ2) is 10.4. The molecule has 1 aliphatic rings. The fourth-order valence-electron chi connectivity index (χ4n) is 3.06. The Labute approximate surface area is 169 Å². The van der Waals surface area contributed by atoms with Gasteiger partial charge in [-0.15, -0.1) is 11.8 Å². The minimum absolute atomic E-state index is 0.180. The first-order chi connectivity index (χ1) is 13.7. The predicted molar refractivity (Wildman–Crippen MR) is 109 cm³/mol. The Balaban J connectivity index is 1.52. The number of nitrogens with one attached hydrogen (secondary N) is 2. The molecule has 0 bridgehead atoms. The third-order valence-corrected chi connectivity index (χ3v) is 5.34. The number of aryl methyl sites for hydroxylation is 1. The van der Waals surface area contributed by atoms with E-state index in [4.69, 9.17) is 4.74 Å². The summed E-state index contributed by atoms with van der Waals surface area (Å²) in [6, 6.07) is 7.06. The van der Waals surface area contributed by atoms with Gasteiger partial charge in [-0.25, -0.2) is 14.1 Å². The summed E-state index contributed by atoms with van der Waals surface area (Å²) in [5, 5.41) is 11.3. The Hall–Kier alpha value is -2.13. The molecular formula is C19H27FN6OS. The van der Waals surface area contributed by atoms with Crippen molar-refractivity contribution < 1.29 is 9.13 Å². The molecule has 9 heteroatoms. The molecule has 0 fully saturated rings. The number of benzene rings is 1. The Kier molecular flexibility index (Phi) is 7.67. The van der Waals surface area contributed by atoms with Crippen molar-refractivity contribution in [3.63, 3.8) is 0 Å². The highest BCUT2D eigenvalue weighted by atomic mass is 32.2. The normalized spacial score (nSPS) is 16.7. The molecule has 1 aromatic heterocycles. The van der Waals surface area contributed by atoms with E-state index in [9.17, 15) is 4.39 Å². The fraction of sp³-hybridized carbons (Fsp3) is 0.526. The molecule has 0 aliphatic carbocycles. The van der Waals surface area contributed by atoms with Gasteiger partial charge < -0.3 is 15.4 Å². The van der Waals surface area contributed by atoms with Crippen LogP contribution in [0.5, 0.6) is 0 Å². The summed E-state index contributed by atoms with van der Waals surface area (Å²) in [7, 11) is 1.65. The molecule has 0 saturated carbocycles. The molecule has 0 amide bonds. The standard InChI is InChI=1S/C19H27FN6OS/c1-3-21-19(22-10-11-28-16-7-5-4-6-15(16)20)23-14-8-9-18-24-17(13-27-2)25-26(18)12-14/h4-7,14H,3,8-13H2,1-2H3,(H2,21,22,23). The van der Waals surface area contributed by atoms with Crippen LogP contribution in [0.2, 0.25) is 0 Å². The van der Waals surface area contributed by atoms with E-state index < -0.39 is 0 Å². The lowest BCUT2D eigenvalue weighted by Crippen LogP contribution is -2.47. The van der Waals surface area contributed by atoms with E-state index in [-0.39, 0.29) is 11.9 Å². The summed E-state index contributed by atoms with van der Waals surface area (Å²) in [6.07, 6.45) is 1.84. The second-order valence-electron chi connectivity index (χ2n) is 6.48. The zero-order valence-electron chi connectivity index (χ0n) is 16.3. The van der Waals surface area contributed by atoms with Gasteiger partial charge in [-0.1, -0.05) is 12.1 Å². The van der Waals surface area contributed by atoms with Gasteiger partial charge in [0.1, 0.15) is 18.2 Å². The molecule has 2 heterocycles. The number of hydrogen-bond donors (Lipinski definition) is 2. The first-order valence-electron chi connectivity index (χ1n) is 9.53. The van der Waals surface area contributed by atoms with Gasteiger partial charge >= 0.3 is 0 Å². The van der Waals surface area contributed by atoms with Crippen molar-refractivity contribution in [2.45, 2.75) is 43.9 Å². The molecule has 7 nitrogen and oxygen atoms in total. The lowest BCUT2D eigenvalue weighted by Gasteiger charge is -2.25. The fourth-order valence-corrected chi connectivity index (χ4v) is 3.84. The molecule has 2 N–H and O–H groups in total. The summed E-state index contributed by atoms with van der Waals surface area (Å²) in [6.45, 7) is 4.61. The monoisotopic (exact) mass is 406 g/mol. The highest BCUT2D eigenvalue weighted by molar-refractivity contribution is 7.99. The van der Waals surface area contributed by atoms with Crippen LogP contribution in [0.15, 0.2) is 34.2 Å². The zero-order chi connectivity index (χ0) is 19.8. The Morgan fingerprint density at radius 3 is 3.07 bits per heavy atom. The topological polar surface area (TPSA) is 76.4 Å². The van der Waals surface area contributed by atoms with E-state index in [1.807, 2.05) is 17.7 Å². The number of fused-ring (bicyclic) bond motifs is 1. The van der Waals surface area contributed by atoms with Crippen LogP contribution in [0.3, 0.4) is 0 Å². The van der Waals surface area contributed by atoms with Crippen LogP contribution < -0.4 is 10.6 Å². The number of rotatable bonds is 8. The van der Waals surface area contributed by atoms with E-state index in [1.54, 1.807) is 19.2 Å². The van der Waals surface area contributed by atoms with E-state index in [0.717, 1.165) is 49.3 Å². The third-order valence-electron chi connectivity index (χ3n) is 4.32. The second-order valence-corrected chi connectivity index (χ2v) is 7.62. The van der Waals surface area contributed by atoms with E-state index in [0.29, 0.717) is 18.0 Å². The maximum absolute atomic E-state index is 13.7. The average Bonchev–Trinajstić information content (AvgIpc) is 3.08. The van der Waals surface area contributed by atoms with Gasteiger partial charge in [0.15, 0.2) is 11.8 Å². The van der Waals surface area contributed by atoms with E-state index >= 15 is 0 Å². The smallest absolute Gasteiger partial charge is 0.191 e. The van der Waals surface area contributed by atoms with Gasteiger partial charge in [-0.3, -0.25) is 4.99 Å². The molecule has 0 spiro atoms. The minimum atomic E-state index is -0.180. The third kappa shape index (κ3) is 5.68. The molecule has 0 radical (unpaired) electrons. The van der Waals surface area contributed by atoms with Crippen molar-refractivity contribution in [3.05, 3.63) is 41.7 Å². The van der Waals surface area contributed by atoms with E-state index in [1.165, 1.54) is 17.8 Å². The molecule has 1 aliphatic heterocycles. The number of methoxy groups -OCH3 is 1. The number of guanidine groups is 1. The first-order valence-corrected chi connectivity index (χ1v) is 10.5. The van der Waals surface area contributed by atoms with Gasteiger partial charge in [0.25, 0.3) is 0 Å². The number of ether oxygens (including phenoxy) is 1. The van der Waals surface area contributed by atoms with Crippen molar-refractivity contribution >= 4 is 17.7 Å². The summed E-state index contributed by atoms with van der Waals surface area (Å²) < 4.78 is 20.7. The first kappa shape index (κ1) is 20.6. The summed E-state index contributed by atoms with van der Waals surface area (Å²) >= 11 is 1.48. The Morgan fingerprint density at radius 1 is 1.43 bits per heavy atom. The lowest BCUT2D eigenvalue weighted by atomic mass is 10.1. The lowest BCUT2D eigenvalue weighted by molar-refractivity contribution is 0.177. The van der Waals surface area contributed by atoms with Crippen molar-refractivity contribution in [1.29, 1.82) is 0 Å². The minimum Gasteiger partial charge on any atom is -0.377 e. The summed E-state index contributed by atoms with van der Waals surface area (Å²) in [4.78, 5) is 9.80. The number of nitrogens with zero attached hydrogens (tertiary/aromatic N) is 4. The number of halogens is 1. The van der Waals surface area contributed by atoms with E-state index in [2.05, 4.69) is 25.7 Å². The molecule has 28 heavy (non-hydrogen) atoms. The van der Waals surface area contributed by atoms with Gasteiger partial charge in [-0.05, 0) is 25.5 Å². The Bertz CT molecular complexity index is 796.